The third-order valence-electron chi connectivity index (χ3n) is 2.56. The van der Waals surface area contributed by atoms with Crippen molar-refractivity contribution in [2.75, 3.05) is 11.9 Å². The van der Waals surface area contributed by atoms with Gasteiger partial charge in [0.15, 0.2) is 0 Å². The van der Waals surface area contributed by atoms with E-state index in [4.69, 9.17) is 0 Å². The van der Waals surface area contributed by atoms with E-state index in [0.717, 1.165) is 31.5 Å². The van der Waals surface area contributed by atoms with E-state index in [2.05, 4.69) is 15.6 Å². The van der Waals surface area contributed by atoms with Crippen LogP contribution < -0.4 is 10.6 Å². The smallest absolute Gasteiger partial charge is 0.241 e. The molecule has 0 spiro atoms. The van der Waals surface area contributed by atoms with Gasteiger partial charge in [-0.3, -0.25) is 9.78 Å². The van der Waals surface area contributed by atoms with Gasteiger partial charge in [-0.1, -0.05) is 6.42 Å². The highest BCUT2D eigenvalue weighted by Gasteiger charge is 2.20. The molecule has 0 aromatic carbocycles. The molecular formula is C11H15N3O. The molecule has 1 amide bonds. The van der Waals surface area contributed by atoms with E-state index < -0.39 is 0 Å². The lowest BCUT2D eigenvalue weighted by Crippen LogP contribution is -2.43. The van der Waals surface area contributed by atoms with Gasteiger partial charge >= 0.3 is 0 Å². The fraction of sp³-hybridized carbons (Fsp3) is 0.455. The minimum atomic E-state index is -0.0426. The fourth-order valence-corrected chi connectivity index (χ4v) is 1.74. The number of hydrogen-bond donors (Lipinski definition) is 2. The molecule has 1 aromatic heterocycles. The zero-order valence-electron chi connectivity index (χ0n) is 8.57. The van der Waals surface area contributed by atoms with Crippen LogP contribution in [-0.4, -0.2) is 23.5 Å². The number of carbonyl (C=O) groups is 1. The topological polar surface area (TPSA) is 54.0 Å². The second-order valence-electron chi connectivity index (χ2n) is 3.73. The van der Waals surface area contributed by atoms with Crippen molar-refractivity contribution in [3.8, 4) is 0 Å². The third kappa shape index (κ3) is 2.76. The molecule has 4 nitrogen and oxygen atoms in total. The summed E-state index contributed by atoms with van der Waals surface area (Å²) < 4.78 is 0. The Morgan fingerprint density at radius 1 is 1.53 bits per heavy atom. The molecule has 1 fully saturated rings. The summed E-state index contributed by atoms with van der Waals surface area (Å²) in [5.74, 6) is 0.0442. The van der Waals surface area contributed by atoms with Gasteiger partial charge in [-0.2, -0.15) is 0 Å². The minimum Gasteiger partial charge on any atom is -0.323 e. The van der Waals surface area contributed by atoms with Gasteiger partial charge in [-0.15, -0.1) is 0 Å². The van der Waals surface area contributed by atoms with E-state index in [1.165, 1.54) is 0 Å². The Hall–Kier alpha value is -1.42. The molecule has 15 heavy (non-hydrogen) atoms. The van der Waals surface area contributed by atoms with E-state index in [1.807, 2.05) is 12.1 Å². The summed E-state index contributed by atoms with van der Waals surface area (Å²) in [5, 5.41) is 6.05. The fourth-order valence-electron chi connectivity index (χ4n) is 1.74. The van der Waals surface area contributed by atoms with Crippen molar-refractivity contribution >= 4 is 11.6 Å². The largest absolute Gasteiger partial charge is 0.323 e. The molecule has 1 saturated heterocycles. The molecule has 2 rings (SSSR count). The van der Waals surface area contributed by atoms with E-state index in [-0.39, 0.29) is 11.9 Å². The predicted molar refractivity (Wildman–Crippen MR) is 58.5 cm³/mol. The Morgan fingerprint density at radius 3 is 3.13 bits per heavy atom. The Kier molecular flexibility index (Phi) is 3.29. The molecule has 2 N–H and O–H groups in total. The SMILES string of the molecule is O=C(Nc1cccnc1)C1CCCCN1. The van der Waals surface area contributed by atoms with Gasteiger partial charge in [0, 0.05) is 6.20 Å². The molecule has 4 heteroatoms. The summed E-state index contributed by atoms with van der Waals surface area (Å²) in [6, 6.07) is 3.61. The van der Waals surface area contributed by atoms with Crippen LogP contribution in [0.2, 0.25) is 0 Å². The molecule has 1 aliphatic rings. The summed E-state index contributed by atoms with van der Waals surface area (Å²) in [7, 11) is 0. The summed E-state index contributed by atoms with van der Waals surface area (Å²) in [5.41, 5.74) is 0.759. The number of anilines is 1. The number of hydrogen-bond acceptors (Lipinski definition) is 3. The number of piperidine rings is 1. The van der Waals surface area contributed by atoms with Crippen LogP contribution in [0.3, 0.4) is 0 Å². The molecule has 2 heterocycles. The van der Waals surface area contributed by atoms with Crippen molar-refractivity contribution in [1.82, 2.24) is 10.3 Å². The predicted octanol–water partition coefficient (Wildman–Crippen LogP) is 1.16. The quantitative estimate of drug-likeness (QED) is 0.761. The van der Waals surface area contributed by atoms with Crippen LogP contribution in [0.5, 0.6) is 0 Å². The van der Waals surface area contributed by atoms with Crippen LogP contribution in [-0.2, 0) is 4.79 Å². The van der Waals surface area contributed by atoms with E-state index >= 15 is 0 Å². The lowest BCUT2D eigenvalue weighted by atomic mass is 10.0. The highest BCUT2D eigenvalue weighted by atomic mass is 16.2. The second-order valence-corrected chi connectivity index (χ2v) is 3.73. The molecule has 0 radical (unpaired) electrons. The Morgan fingerprint density at radius 2 is 2.47 bits per heavy atom. The Labute approximate surface area is 89.1 Å². The highest BCUT2D eigenvalue weighted by Crippen LogP contribution is 2.10. The van der Waals surface area contributed by atoms with Gasteiger partial charge in [0.2, 0.25) is 5.91 Å². The first-order valence-corrected chi connectivity index (χ1v) is 5.30. The number of amides is 1. The highest BCUT2D eigenvalue weighted by molar-refractivity contribution is 5.94. The molecule has 1 aliphatic heterocycles. The summed E-state index contributed by atoms with van der Waals surface area (Å²) >= 11 is 0. The Bertz CT molecular complexity index is 320. The first kappa shape index (κ1) is 10.1. The molecule has 1 unspecified atom stereocenters. The third-order valence-corrected chi connectivity index (χ3v) is 2.56. The van der Waals surface area contributed by atoms with E-state index in [0.29, 0.717) is 0 Å². The van der Waals surface area contributed by atoms with Crippen molar-refractivity contribution in [3.63, 3.8) is 0 Å². The van der Waals surface area contributed by atoms with Crippen molar-refractivity contribution < 1.29 is 4.79 Å². The van der Waals surface area contributed by atoms with Gasteiger partial charge in [0.05, 0.1) is 17.9 Å². The minimum absolute atomic E-state index is 0.0426. The van der Waals surface area contributed by atoms with E-state index in [1.54, 1.807) is 12.4 Å². The van der Waals surface area contributed by atoms with Crippen LogP contribution in [0.4, 0.5) is 5.69 Å². The molecule has 0 saturated carbocycles. The lowest BCUT2D eigenvalue weighted by Gasteiger charge is -2.22. The number of nitrogens with zero attached hydrogens (tertiary/aromatic N) is 1. The van der Waals surface area contributed by atoms with Crippen LogP contribution in [0, 0.1) is 0 Å². The average Bonchev–Trinajstić information content (AvgIpc) is 2.31. The Balaban J connectivity index is 1.91. The van der Waals surface area contributed by atoms with Crippen LogP contribution in [0.15, 0.2) is 24.5 Å². The van der Waals surface area contributed by atoms with Gasteiger partial charge in [0.25, 0.3) is 0 Å². The maximum Gasteiger partial charge on any atom is 0.241 e. The average molecular weight is 205 g/mol. The van der Waals surface area contributed by atoms with Gasteiger partial charge < -0.3 is 10.6 Å². The van der Waals surface area contributed by atoms with Crippen LogP contribution in [0.25, 0.3) is 0 Å². The lowest BCUT2D eigenvalue weighted by molar-refractivity contribution is -0.118. The first-order chi connectivity index (χ1) is 7.36. The van der Waals surface area contributed by atoms with Gasteiger partial charge in [-0.05, 0) is 31.5 Å². The molecule has 1 aromatic rings. The number of nitrogens with one attached hydrogen (secondary N) is 2. The molecule has 0 bridgehead atoms. The monoisotopic (exact) mass is 205 g/mol. The normalized spacial score (nSPS) is 20.9. The van der Waals surface area contributed by atoms with Gasteiger partial charge in [0.1, 0.15) is 0 Å². The first-order valence-electron chi connectivity index (χ1n) is 5.30. The molecule has 1 atom stereocenters. The number of pyridine rings is 1. The van der Waals surface area contributed by atoms with Crippen molar-refractivity contribution in [2.24, 2.45) is 0 Å². The molecule has 0 aliphatic carbocycles. The van der Waals surface area contributed by atoms with Crippen molar-refractivity contribution in [3.05, 3.63) is 24.5 Å². The number of rotatable bonds is 2. The van der Waals surface area contributed by atoms with Crippen LogP contribution in [0.1, 0.15) is 19.3 Å². The standard InChI is InChI=1S/C11H15N3O/c15-11(10-5-1-2-7-13-10)14-9-4-3-6-12-8-9/h3-4,6,8,10,13H,1-2,5,7H2,(H,14,15). The van der Waals surface area contributed by atoms with Crippen molar-refractivity contribution in [1.29, 1.82) is 0 Å². The summed E-state index contributed by atoms with van der Waals surface area (Å²) in [6.45, 7) is 0.936. The second kappa shape index (κ2) is 4.89. The molecular weight excluding hydrogens is 190 g/mol. The van der Waals surface area contributed by atoms with Gasteiger partial charge in [-0.25, -0.2) is 0 Å². The molecule has 80 valence electrons. The summed E-state index contributed by atoms with van der Waals surface area (Å²) in [6.07, 6.45) is 6.55. The van der Waals surface area contributed by atoms with E-state index in [9.17, 15) is 4.79 Å². The van der Waals surface area contributed by atoms with Crippen LogP contribution >= 0.6 is 0 Å². The number of aromatic nitrogens is 1. The zero-order valence-corrected chi connectivity index (χ0v) is 8.57. The zero-order chi connectivity index (χ0) is 10.5. The summed E-state index contributed by atoms with van der Waals surface area (Å²) in [4.78, 5) is 15.7. The van der Waals surface area contributed by atoms with Crippen molar-refractivity contribution in [2.45, 2.75) is 25.3 Å². The number of carbonyl (C=O) groups excluding carboxylic acids is 1. The maximum absolute atomic E-state index is 11.8. The maximum atomic E-state index is 11.8.